The summed E-state index contributed by atoms with van der Waals surface area (Å²) < 4.78 is 34.8. The molecule has 0 saturated carbocycles. The van der Waals surface area contributed by atoms with Crippen LogP contribution in [0.5, 0.6) is 5.75 Å². The highest BCUT2D eigenvalue weighted by Gasteiger charge is 2.18. The number of carbonyl (C=O) groups is 1. The summed E-state index contributed by atoms with van der Waals surface area (Å²) in [5.41, 5.74) is 2.51. The SMILES string of the molecule is CS(=O)(=O)c1cccc(NC(=O)COc2ccc3oc4c(c3c2)CCCC4)c1. The van der Waals surface area contributed by atoms with E-state index < -0.39 is 9.84 Å². The molecule has 0 fully saturated rings. The molecule has 146 valence electrons. The number of fused-ring (bicyclic) bond motifs is 3. The Morgan fingerprint density at radius 2 is 1.96 bits per heavy atom. The third-order valence-corrected chi connectivity index (χ3v) is 5.95. The van der Waals surface area contributed by atoms with Crippen LogP contribution in [0.4, 0.5) is 5.69 Å². The van der Waals surface area contributed by atoms with Crippen LogP contribution in [0.15, 0.2) is 51.8 Å². The van der Waals surface area contributed by atoms with Crippen molar-refractivity contribution in [3.8, 4) is 5.75 Å². The van der Waals surface area contributed by atoms with E-state index in [1.165, 1.54) is 17.7 Å². The van der Waals surface area contributed by atoms with Crippen molar-refractivity contribution < 1.29 is 22.4 Å². The van der Waals surface area contributed by atoms with Crippen LogP contribution in [0, 0.1) is 0 Å². The molecule has 2 aromatic carbocycles. The van der Waals surface area contributed by atoms with E-state index in [9.17, 15) is 13.2 Å². The quantitative estimate of drug-likeness (QED) is 0.706. The van der Waals surface area contributed by atoms with E-state index in [-0.39, 0.29) is 17.4 Å². The Morgan fingerprint density at radius 1 is 1.14 bits per heavy atom. The van der Waals surface area contributed by atoms with Crippen LogP contribution in [0.25, 0.3) is 11.0 Å². The molecule has 1 heterocycles. The predicted octanol–water partition coefficient (Wildman–Crippen LogP) is 3.73. The van der Waals surface area contributed by atoms with Gasteiger partial charge < -0.3 is 14.5 Å². The van der Waals surface area contributed by atoms with Gasteiger partial charge in [0.2, 0.25) is 0 Å². The Morgan fingerprint density at radius 3 is 2.79 bits per heavy atom. The molecule has 7 heteroatoms. The van der Waals surface area contributed by atoms with Gasteiger partial charge in [-0.05, 0) is 55.7 Å². The van der Waals surface area contributed by atoms with Crippen LogP contribution in [0.1, 0.15) is 24.2 Å². The maximum atomic E-state index is 12.2. The van der Waals surface area contributed by atoms with Crippen LogP contribution in [-0.4, -0.2) is 27.2 Å². The zero-order valence-corrected chi connectivity index (χ0v) is 16.3. The number of nitrogens with one attached hydrogen (secondary N) is 1. The summed E-state index contributed by atoms with van der Waals surface area (Å²) in [5.74, 6) is 1.29. The Kier molecular flexibility index (Phi) is 4.85. The summed E-state index contributed by atoms with van der Waals surface area (Å²) in [4.78, 5) is 12.3. The number of carbonyl (C=O) groups excluding carboxylic acids is 1. The number of sulfone groups is 1. The minimum atomic E-state index is -3.33. The smallest absolute Gasteiger partial charge is 0.262 e. The van der Waals surface area contributed by atoms with Gasteiger partial charge in [-0.3, -0.25) is 4.79 Å². The van der Waals surface area contributed by atoms with Crippen molar-refractivity contribution in [2.75, 3.05) is 18.2 Å². The van der Waals surface area contributed by atoms with Crippen molar-refractivity contribution >= 4 is 32.4 Å². The van der Waals surface area contributed by atoms with E-state index in [1.54, 1.807) is 18.2 Å². The van der Waals surface area contributed by atoms with E-state index in [2.05, 4.69) is 5.32 Å². The second kappa shape index (κ2) is 7.31. The number of hydrogen-bond donors (Lipinski definition) is 1. The number of anilines is 1. The number of amides is 1. The first kappa shape index (κ1) is 18.6. The Hall–Kier alpha value is -2.80. The van der Waals surface area contributed by atoms with E-state index in [4.69, 9.17) is 9.15 Å². The molecule has 0 unspecified atom stereocenters. The molecule has 1 aromatic heterocycles. The van der Waals surface area contributed by atoms with Crippen LogP contribution in [0.2, 0.25) is 0 Å². The molecule has 4 rings (SSSR count). The normalized spacial score (nSPS) is 13.9. The maximum Gasteiger partial charge on any atom is 0.262 e. The number of benzene rings is 2. The van der Waals surface area contributed by atoms with E-state index in [0.717, 1.165) is 48.7 Å². The molecule has 0 radical (unpaired) electrons. The van der Waals surface area contributed by atoms with Crippen molar-refractivity contribution in [1.82, 2.24) is 0 Å². The Labute approximate surface area is 163 Å². The van der Waals surface area contributed by atoms with Gasteiger partial charge >= 0.3 is 0 Å². The van der Waals surface area contributed by atoms with Gasteiger partial charge in [0.15, 0.2) is 16.4 Å². The monoisotopic (exact) mass is 399 g/mol. The topological polar surface area (TPSA) is 85.6 Å². The number of aryl methyl sites for hydroxylation is 2. The highest BCUT2D eigenvalue weighted by atomic mass is 32.2. The molecule has 6 nitrogen and oxygen atoms in total. The molecule has 1 N–H and O–H groups in total. The third kappa shape index (κ3) is 3.89. The molecule has 28 heavy (non-hydrogen) atoms. The highest BCUT2D eigenvalue weighted by molar-refractivity contribution is 7.90. The van der Waals surface area contributed by atoms with Crippen LogP contribution >= 0.6 is 0 Å². The summed E-state index contributed by atoms with van der Waals surface area (Å²) in [6.45, 7) is -0.172. The van der Waals surface area contributed by atoms with Gasteiger partial charge in [-0.1, -0.05) is 6.07 Å². The summed E-state index contributed by atoms with van der Waals surface area (Å²) in [6.07, 6.45) is 5.40. The van der Waals surface area contributed by atoms with E-state index in [0.29, 0.717) is 11.4 Å². The number of ether oxygens (including phenoxy) is 1. The molecule has 1 aliphatic rings. The lowest BCUT2D eigenvalue weighted by Gasteiger charge is -2.10. The third-order valence-electron chi connectivity index (χ3n) is 4.84. The van der Waals surface area contributed by atoms with Crippen molar-refractivity contribution in [3.05, 3.63) is 53.8 Å². The zero-order valence-electron chi connectivity index (χ0n) is 15.5. The molecule has 0 atom stereocenters. The number of hydrogen-bond acceptors (Lipinski definition) is 5. The minimum Gasteiger partial charge on any atom is -0.484 e. The first-order valence-electron chi connectivity index (χ1n) is 9.17. The van der Waals surface area contributed by atoms with Crippen molar-refractivity contribution in [1.29, 1.82) is 0 Å². The fourth-order valence-electron chi connectivity index (χ4n) is 3.48. The van der Waals surface area contributed by atoms with Gasteiger partial charge in [-0.25, -0.2) is 8.42 Å². The number of rotatable bonds is 5. The second-order valence-corrected chi connectivity index (χ2v) is 9.02. The number of furan rings is 1. The van der Waals surface area contributed by atoms with Gasteiger partial charge in [0, 0.05) is 29.3 Å². The highest BCUT2D eigenvalue weighted by Crippen LogP contribution is 2.33. The predicted molar refractivity (Wildman–Crippen MR) is 107 cm³/mol. The van der Waals surface area contributed by atoms with Gasteiger partial charge in [-0.2, -0.15) is 0 Å². The second-order valence-electron chi connectivity index (χ2n) is 7.01. The first-order valence-corrected chi connectivity index (χ1v) is 11.1. The lowest BCUT2D eigenvalue weighted by molar-refractivity contribution is -0.118. The summed E-state index contributed by atoms with van der Waals surface area (Å²) >= 11 is 0. The molecule has 0 saturated heterocycles. The van der Waals surface area contributed by atoms with Crippen LogP contribution in [-0.2, 0) is 27.5 Å². The largest absolute Gasteiger partial charge is 0.484 e. The van der Waals surface area contributed by atoms with Crippen LogP contribution in [0.3, 0.4) is 0 Å². The average Bonchev–Trinajstić information content (AvgIpc) is 3.04. The van der Waals surface area contributed by atoms with Gasteiger partial charge in [0.1, 0.15) is 17.1 Å². The van der Waals surface area contributed by atoms with Gasteiger partial charge in [-0.15, -0.1) is 0 Å². The Balaban J connectivity index is 1.44. The minimum absolute atomic E-state index is 0.154. The van der Waals surface area contributed by atoms with Crippen molar-refractivity contribution in [2.45, 2.75) is 30.6 Å². The molecule has 0 aliphatic heterocycles. The summed E-state index contributed by atoms with van der Waals surface area (Å²) in [5, 5.41) is 3.71. The summed E-state index contributed by atoms with van der Waals surface area (Å²) in [6, 6.07) is 11.7. The lowest BCUT2D eigenvalue weighted by Crippen LogP contribution is -2.20. The van der Waals surface area contributed by atoms with Gasteiger partial charge in [0.05, 0.1) is 4.90 Å². The lowest BCUT2D eigenvalue weighted by atomic mass is 9.96. The average molecular weight is 399 g/mol. The molecule has 3 aromatic rings. The zero-order chi connectivity index (χ0) is 19.7. The standard InChI is InChI=1S/C21H21NO5S/c1-28(24,25)16-6-4-5-14(11-16)22-21(23)13-26-15-9-10-20-18(12-15)17-7-2-3-8-19(17)27-20/h4-6,9-12H,2-3,7-8,13H2,1H3,(H,22,23). The van der Waals surface area contributed by atoms with Crippen molar-refractivity contribution in [2.24, 2.45) is 0 Å². The summed E-state index contributed by atoms with van der Waals surface area (Å²) in [7, 11) is -3.33. The van der Waals surface area contributed by atoms with E-state index >= 15 is 0 Å². The first-order chi connectivity index (χ1) is 13.4. The van der Waals surface area contributed by atoms with Gasteiger partial charge in [0.25, 0.3) is 5.91 Å². The fraction of sp³-hybridized carbons (Fsp3) is 0.286. The van der Waals surface area contributed by atoms with Crippen molar-refractivity contribution in [3.63, 3.8) is 0 Å². The molecule has 1 aliphatic carbocycles. The fourth-order valence-corrected chi connectivity index (χ4v) is 4.15. The molecule has 0 bridgehead atoms. The molecular weight excluding hydrogens is 378 g/mol. The molecular formula is C21H21NO5S. The molecule has 1 amide bonds. The Bertz CT molecular complexity index is 1150. The van der Waals surface area contributed by atoms with Crippen LogP contribution < -0.4 is 10.1 Å². The maximum absolute atomic E-state index is 12.2. The van der Waals surface area contributed by atoms with E-state index in [1.807, 2.05) is 12.1 Å². The molecule has 0 spiro atoms.